The first kappa shape index (κ1) is 24.2. The summed E-state index contributed by atoms with van der Waals surface area (Å²) in [5.41, 5.74) is 3.48. The van der Waals surface area contributed by atoms with Crippen LogP contribution in [-0.4, -0.2) is 53.7 Å². The molecule has 182 valence electrons. The molecule has 0 saturated carbocycles. The first-order valence-electron chi connectivity index (χ1n) is 11.4. The quantitative estimate of drug-likeness (QED) is 0.354. The van der Waals surface area contributed by atoms with Crippen molar-refractivity contribution in [3.63, 3.8) is 0 Å². The summed E-state index contributed by atoms with van der Waals surface area (Å²) in [6, 6.07) is 20.9. The Kier molecular flexibility index (Phi) is 6.83. The van der Waals surface area contributed by atoms with E-state index in [1.165, 1.54) is 6.26 Å². The third-order valence-corrected chi connectivity index (χ3v) is 8.91. The van der Waals surface area contributed by atoms with Crippen LogP contribution >= 0.6 is 22.9 Å². The van der Waals surface area contributed by atoms with E-state index in [0.717, 1.165) is 51.8 Å². The van der Waals surface area contributed by atoms with Gasteiger partial charge in [-0.05, 0) is 67.4 Å². The minimum Gasteiger partial charge on any atom is -0.395 e. The lowest BCUT2D eigenvalue weighted by Gasteiger charge is -2.21. The molecular formula is C26H26ClN3O3S2. The van der Waals surface area contributed by atoms with Crippen molar-refractivity contribution in [1.82, 2.24) is 14.7 Å². The smallest absolute Gasteiger partial charge is 0.175 e. The van der Waals surface area contributed by atoms with Crippen LogP contribution in [0.2, 0.25) is 5.02 Å². The van der Waals surface area contributed by atoms with Crippen molar-refractivity contribution in [3.05, 3.63) is 77.4 Å². The van der Waals surface area contributed by atoms with E-state index >= 15 is 0 Å². The number of sulfone groups is 1. The molecule has 0 amide bonds. The lowest BCUT2D eigenvalue weighted by atomic mass is 10.2. The number of aromatic nitrogens is 2. The summed E-state index contributed by atoms with van der Waals surface area (Å²) in [4.78, 5) is 4.55. The Morgan fingerprint density at radius 3 is 2.66 bits per heavy atom. The van der Waals surface area contributed by atoms with Crippen molar-refractivity contribution in [1.29, 1.82) is 0 Å². The minimum atomic E-state index is -3.29. The zero-order valence-corrected chi connectivity index (χ0v) is 21.7. The van der Waals surface area contributed by atoms with Gasteiger partial charge in [-0.25, -0.2) is 13.1 Å². The second-order valence-electron chi connectivity index (χ2n) is 8.80. The van der Waals surface area contributed by atoms with Crippen LogP contribution in [0.5, 0.6) is 0 Å². The van der Waals surface area contributed by atoms with Gasteiger partial charge in [-0.3, -0.25) is 4.90 Å². The summed E-state index contributed by atoms with van der Waals surface area (Å²) in [5.74, 6) is 0. The molecule has 0 bridgehead atoms. The van der Waals surface area contributed by atoms with Crippen molar-refractivity contribution in [2.75, 3.05) is 19.4 Å². The predicted octanol–water partition coefficient (Wildman–Crippen LogP) is 5.28. The summed E-state index contributed by atoms with van der Waals surface area (Å²) >= 11 is 8.13. The molecular weight excluding hydrogens is 502 g/mol. The first-order valence-corrected chi connectivity index (χ1v) is 14.5. The third kappa shape index (κ3) is 5.08. The molecule has 5 rings (SSSR count). The molecule has 0 aliphatic carbocycles. The molecule has 6 nitrogen and oxygen atoms in total. The number of halogens is 1. The summed E-state index contributed by atoms with van der Waals surface area (Å²) in [6.07, 6.45) is 3.29. The van der Waals surface area contributed by atoms with E-state index in [2.05, 4.69) is 11.0 Å². The second kappa shape index (κ2) is 9.87. The maximum Gasteiger partial charge on any atom is 0.175 e. The molecule has 0 spiro atoms. The van der Waals surface area contributed by atoms with Crippen molar-refractivity contribution in [2.24, 2.45) is 0 Å². The highest BCUT2D eigenvalue weighted by Crippen LogP contribution is 2.37. The van der Waals surface area contributed by atoms with Gasteiger partial charge in [0.25, 0.3) is 0 Å². The Hall–Kier alpha value is -2.49. The van der Waals surface area contributed by atoms with Gasteiger partial charge in [-0.15, -0.1) is 11.3 Å². The van der Waals surface area contributed by atoms with Gasteiger partial charge in [0.1, 0.15) is 0 Å². The van der Waals surface area contributed by atoms with Crippen molar-refractivity contribution >= 4 is 32.8 Å². The Morgan fingerprint density at radius 2 is 1.89 bits per heavy atom. The van der Waals surface area contributed by atoms with Gasteiger partial charge in [-0.1, -0.05) is 35.9 Å². The van der Waals surface area contributed by atoms with Crippen molar-refractivity contribution in [2.45, 2.75) is 30.3 Å². The summed E-state index contributed by atoms with van der Waals surface area (Å²) in [5, 5.41) is 15.2. The van der Waals surface area contributed by atoms with Crippen LogP contribution in [0.1, 0.15) is 18.5 Å². The Morgan fingerprint density at radius 1 is 1.09 bits per heavy atom. The summed E-state index contributed by atoms with van der Waals surface area (Å²) in [6.45, 7) is 1.75. The Balaban J connectivity index is 1.55. The van der Waals surface area contributed by atoms with Gasteiger partial charge >= 0.3 is 0 Å². The highest BCUT2D eigenvalue weighted by molar-refractivity contribution is 7.90. The van der Waals surface area contributed by atoms with Crippen LogP contribution in [0.15, 0.2) is 71.6 Å². The minimum absolute atomic E-state index is 0.152. The SMILES string of the molecule is CS(=O)(=O)c1cccc(-c2ccc(-c3cc(CN4CCCC4CO)nn3-c3ccccc3Cl)s2)c1. The maximum absolute atomic E-state index is 12.0. The van der Waals surface area contributed by atoms with E-state index in [-0.39, 0.29) is 12.6 Å². The zero-order chi connectivity index (χ0) is 24.6. The molecule has 1 unspecified atom stereocenters. The molecule has 2 aromatic heterocycles. The number of benzene rings is 2. The fourth-order valence-electron chi connectivity index (χ4n) is 4.52. The normalized spacial score (nSPS) is 16.7. The molecule has 9 heteroatoms. The van der Waals surface area contributed by atoms with Crippen molar-refractivity contribution in [3.8, 4) is 26.7 Å². The molecule has 1 aliphatic rings. The molecule has 1 atom stereocenters. The lowest BCUT2D eigenvalue weighted by Crippen LogP contribution is -2.31. The fourth-order valence-corrected chi connectivity index (χ4v) is 6.41. The van der Waals surface area contributed by atoms with E-state index < -0.39 is 9.84 Å². The lowest BCUT2D eigenvalue weighted by molar-refractivity contribution is 0.152. The predicted molar refractivity (Wildman–Crippen MR) is 141 cm³/mol. The molecule has 1 fully saturated rings. The topological polar surface area (TPSA) is 75.4 Å². The van der Waals surface area contributed by atoms with E-state index in [9.17, 15) is 13.5 Å². The van der Waals surface area contributed by atoms with Gasteiger partial charge in [0, 0.05) is 23.7 Å². The number of aliphatic hydroxyl groups is 1. The molecule has 4 aromatic rings. The zero-order valence-electron chi connectivity index (χ0n) is 19.3. The number of thiophene rings is 1. The Labute approximate surface area is 214 Å². The maximum atomic E-state index is 12.0. The molecule has 3 heterocycles. The van der Waals surface area contributed by atoms with Gasteiger partial charge < -0.3 is 5.11 Å². The monoisotopic (exact) mass is 527 g/mol. The van der Waals surface area contributed by atoms with Crippen molar-refractivity contribution < 1.29 is 13.5 Å². The van der Waals surface area contributed by atoms with Crippen LogP contribution in [-0.2, 0) is 16.4 Å². The highest BCUT2D eigenvalue weighted by atomic mass is 35.5. The van der Waals surface area contributed by atoms with Crippen LogP contribution < -0.4 is 0 Å². The number of aliphatic hydroxyl groups excluding tert-OH is 1. The highest BCUT2D eigenvalue weighted by Gasteiger charge is 2.25. The summed E-state index contributed by atoms with van der Waals surface area (Å²) < 4.78 is 25.9. The van der Waals surface area contributed by atoms with Crippen LogP contribution in [0.3, 0.4) is 0 Å². The molecule has 0 radical (unpaired) electrons. The molecule has 35 heavy (non-hydrogen) atoms. The average Bonchev–Trinajstić information content (AvgIpc) is 3.59. The van der Waals surface area contributed by atoms with Gasteiger partial charge in [0.15, 0.2) is 9.84 Å². The average molecular weight is 528 g/mol. The molecule has 1 aliphatic heterocycles. The van der Waals surface area contributed by atoms with E-state index in [1.54, 1.807) is 29.5 Å². The number of hydrogen-bond acceptors (Lipinski definition) is 6. The third-order valence-electron chi connectivity index (χ3n) is 6.32. The number of likely N-dealkylation sites (tertiary alicyclic amines) is 1. The van der Waals surface area contributed by atoms with Gasteiger partial charge in [-0.2, -0.15) is 5.10 Å². The fraction of sp³-hybridized carbons (Fsp3) is 0.269. The Bertz CT molecular complexity index is 1460. The standard InChI is InChI=1S/C26H26ClN3O3S2/c1-35(32,33)21-8-4-6-18(14-21)25-11-12-26(34-25)24-15-19(16-29-13-5-7-20(29)17-31)28-30(24)23-10-3-2-9-22(23)27/h2-4,6,8-12,14-15,20,31H,5,7,13,16-17H2,1H3. The van der Waals surface area contributed by atoms with E-state index in [0.29, 0.717) is 16.5 Å². The molecule has 1 saturated heterocycles. The first-order chi connectivity index (χ1) is 16.8. The van der Waals surface area contributed by atoms with Crippen LogP contribution in [0.4, 0.5) is 0 Å². The molecule has 1 N–H and O–H groups in total. The van der Waals surface area contributed by atoms with Gasteiger partial charge in [0.2, 0.25) is 0 Å². The van der Waals surface area contributed by atoms with E-state index in [4.69, 9.17) is 16.7 Å². The number of hydrogen-bond donors (Lipinski definition) is 1. The molecule has 2 aromatic carbocycles. The number of nitrogens with zero attached hydrogens (tertiary/aromatic N) is 3. The van der Waals surface area contributed by atoms with Gasteiger partial charge in [0.05, 0.1) is 38.5 Å². The second-order valence-corrected chi connectivity index (χ2v) is 12.3. The van der Waals surface area contributed by atoms with Crippen LogP contribution in [0, 0.1) is 0 Å². The number of para-hydroxylation sites is 1. The van der Waals surface area contributed by atoms with E-state index in [1.807, 2.05) is 47.1 Å². The number of rotatable bonds is 7. The van der Waals surface area contributed by atoms with Crippen LogP contribution in [0.25, 0.3) is 26.7 Å². The largest absolute Gasteiger partial charge is 0.395 e. The summed E-state index contributed by atoms with van der Waals surface area (Å²) in [7, 11) is -3.29.